The van der Waals surface area contributed by atoms with Crippen molar-refractivity contribution in [2.75, 3.05) is 7.11 Å². The summed E-state index contributed by atoms with van der Waals surface area (Å²) in [5, 5.41) is 9.94. The van der Waals surface area contributed by atoms with E-state index in [1.54, 1.807) is 6.07 Å². The van der Waals surface area contributed by atoms with Crippen LogP contribution < -0.4 is 4.74 Å². The first-order valence-electron chi connectivity index (χ1n) is 4.60. The molecule has 17 heavy (non-hydrogen) atoms. The Morgan fingerprint density at radius 2 is 2.06 bits per heavy atom. The summed E-state index contributed by atoms with van der Waals surface area (Å²) in [6.07, 6.45) is 0. The Hall–Kier alpha value is -1.52. The molecule has 0 fully saturated rings. The van der Waals surface area contributed by atoms with Crippen LogP contribution >= 0.6 is 23.2 Å². The molecule has 1 aromatic carbocycles. The van der Waals surface area contributed by atoms with Crippen molar-refractivity contribution >= 4 is 40.1 Å². The second-order valence-electron chi connectivity index (χ2n) is 3.32. The molecule has 2 rings (SSSR count). The van der Waals surface area contributed by atoms with Crippen LogP contribution in [-0.2, 0) is 0 Å². The van der Waals surface area contributed by atoms with E-state index in [9.17, 15) is 4.79 Å². The molecule has 0 aliphatic carbocycles. The highest BCUT2D eigenvalue weighted by atomic mass is 35.5. The van der Waals surface area contributed by atoms with Gasteiger partial charge >= 0.3 is 5.97 Å². The van der Waals surface area contributed by atoms with E-state index >= 15 is 0 Å². The van der Waals surface area contributed by atoms with Gasteiger partial charge in [0.1, 0.15) is 16.4 Å². The Balaban J connectivity index is 2.82. The van der Waals surface area contributed by atoms with Gasteiger partial charge < -0.3 is 9.84 Å². The molecule has 0 atom stereocenters. The number of methoxy groups -OCH3 is 1. The predicted molar refractivity (Wildman–Crippen MR) is 65.3 cm³/mol. The highest BCUT2D eigenvalue weighted by Crippen LogP contribution is 2.31. The third-order valence-electron chi connectivity index (χ3n) is 2.26. The number of ether oxygens (including phenoxy) is 1. The average molecular weight is 272 g/mol. The van der Waals surface area contributed by atoms with E-state index in [-0.39, 0.29) is 15.7 Å². The molecule has 6 heteroatoms. The average Bonchev–Trinajstić information content (AvgIpc) is 2.29. The molecule has 0 saturated heterocycles. The molecule has 2 aromatic rings. The molecule has 0 amide bonds. The first-order valence-corrected chi connectivity index (χ1v) is 5.35. The highest BCUT2D eigenvalue weighted by molar-refractivity contribution is 6.41. The number of benzene rings is 1. The molecule has 0 aliphatic rings. The van der Waals surface area contributed by atoms with Gasteiger partial charge in [0.15, 0.2) is 0 Å². The van der Waals surface area contributed by atoms with Gasteiger partial charge in [-0.2, -0.15) is 0 Å². The Bertz CT molecular complexity index is 613. The van der Waals surface area contributed by atoms with E-state index in [1.807, 2.05) is 0 Å². The van der Waals surface area contributed by atoms with E-state index in [1.165, 1.54) is 19.2 Å². The van der Waals surface area contributed by atoms with Gasteiger partial charge in [-0.05, 0) is 18.2 Å². The van der Waals surface area contributed by atoms with Crippen LogP contribution in [0.5, 0.6) is 5.75 Å². The van der Waals surface area contributed by atoms with Crippen LogP contribution in [0.15, 0.2) is 18.2 Å². The number of halogens is 2. The zero-order valence-electron chi connectivity index (χ0n) is 8.70. The van der Waals surface area contributed by atoms with E-state index in [2.05, 4.69) is 4.98 Å². The zero-order chi connectivity index (χ0) is 12.6. The van der Waals surface area contributed by atoms with Crippen LogP contribution in [0.3, 0.4) is 0 Å². The summed E-state index contributed by atoms with van der Waals surface area (Å²) in [6, 6.07) is 4.42. The summed E-state index contributed by atoms with van der Waals surface area (Å²) in [5.74, 6) is -0.699. The van der Waals surface area contributed by atoms with Gasteiger partial charge in [-0.3, -0.25) is 0 Å². The molecular formula is C11H7Cl2NO3. The van der Waals surface area contributed by atoms with E-state index in [4.69, 9.17) is 33.0 Å². The van der Waals surface area contributed by atoms with Crippen LogP contribution in [0.1, 0.15) is 10.4 Å². The fourth-order valence-electron chi connectivity index (χ4n) is 1.49. The van der Waals surface area contributed by atoms with Gasteiger partial charge in [0.2, 0.25) is 0 Å². The molecule has 0 aliphatic heterocycles. The lowest BCUT2D eigenvalue weighted by atomic mass is 10.1. The van der Waals surface area contributed by atoms with Crippen molar-refractivity contribution in [2.24, 2.45) is 0 Å². The molecule has 0 radical (unpaired) electrons. The third-order valence-corrected chi connectivity index (χ3v) is 2.93. The summed E-state index contributed by atoms with van der Waals surface area (Å²) in [4.78, 5) is 15.0. The largest absolute Gasteiger partial charge is 0.494 e. The standard InChI is InChI=1S/C11H7Cl2NO3/c1-17-8-4-6(11(15)16)2-5-3-7(12)10(13)14-9(5)8/h2-4H,1H3,(H,15,16). The normalized spacial score (nSPS) is 10.5. The van der Waals surface area contributed by atoms with Crippen molar-refractivity contribution in [2.45, 2.75) is 0 Å². The number of aromatic carboxylic acids is 1. The summed E-state index contributed by atoms with van der Waals surface area (Å²) in [7, 11) is 1.44. The van der Waals surface area contributed by atoms with Crippen molar-refractivity contribution in [1.82, 2.24) is 4.98 Å². The maximum absolute atomic E-state index is 10.9. The first-order chi connectivity index (χ1) is 8.02. The smallest absolute Gasteiger partial charge is 0.335 e. The first kappa shape index (κ1) is 12.0. The lowest BCUT2D eigenvalue weighted by Crippen LogP contribution is -1.98. The Morgan fingerprint density at radius 3 is 2.65 bits per heavy atom. The van der Waals surface area contributed by atoms with Crippen LogP contribution in [0.4, 0.5) is 0 Å². The quantitative estimate of drug-likeness (QED) is 0.852. The van der Waals surface area contributed by atoms with Crippen molar-refractivity contribution in [3.63, 3.8) is 0 Å². The maximum atomic E-state index is 10.9. The molecule has 1 aromatic heterocycles. The lowest BCUT2D eigenvalue weighted by Gasteiger charge is -2.07. The van der Waals surface area contributed by atoms with Crippen LogP contribution in [0.2, 0.25) is 10.2 Å². The van der Waals surface area contributed by atoms with Crippen molar-refractivity contribution in [3.05, 3.63) is 33.9 Å². The second kappa shape index (κ2) is 4.39. The molecule has 4 nitrogen and oxygen atoms in total. The second-order valence-corrected chi connectivity index (χ2v) is 4.08. The van der Waals surface area contributed by atoms with Gasteiger partial charge in [-0.25, -0.2) is 9.78 Å². The number of fused-ring (bicyclic) bond motifs is 1. The SMILES string of the molecule is COc1cc(C(=O)O)cc2cc(Cl)c(Cl)nc12. The Morgan fingerprint density at radius 1 is 1.35 bits per heavy atom. The molecule has 88 valence electrons. The topological polar surface area (TPSA) is 59.4 Å². The number of hydrogen-bond donors (Lipinski definition) is 1. The van der Waals surface area contributed by atoms with E-state index in [0.29, 0.717) is 16.7 Å². The molecule has 0 spiro atoms. The number of carboxylic acid groups (broad SMARTS) is 1. The maximum Gasteiger partial charge on any atom is 0.335 e. The van der Waals surface area contributed by atoms with E-state index < -0.39 is 5.97 Å². The number of pyridine rings is 1. The Kier molecular flexibility index (Phi) is 3.09. The Labute approximate surface area is 107 Å². The van der Waals surface area contributed by atoms with Crippen molar-refractivity contribution in [1.29, 1.82) is 0 Å². The van der Waals surface area contributed by atoms with Crippen molar-refractivity contribution in [3.8, 4) is 5.75 Å². The predicted octanol–water partition coefficient (Wildman–Crippen LogP) is 3.25. The highest BCUT2D eigenvalue weighted by Gasteiger charge is 2.12. The fraction of sp³-hybridized carbons (Fsp3) is 0.0909. The van der Waals surface area contributed by atoms with Gasteiger partial charge in [0.25, 0.3) is 0 Å². The minimum absolute atomic E-state index is 0.106. The molecule has 1 N–H and O–H groups in total. The fourth-order valence-corrected chi connectivity index (χ4v) is 1.78. The van der Waals surface area contributed by atoms with Gasteiger partial charge in [0.05, 0.1) is 17.7 Å². The van der Waals surface area contributed by atoms with E-state index in [0.717, 1.165) is 0 Å². The van der Waals surface area contributed by atoms with Gasteiger partial charge in [0, 0.05) is 5.39 Å². The van der Waals surface area contributed by atoms with Crippen LogP contribution in [0, 0.1) is 0 Å². The number of aromatic nitrogens is 1. The van der Waals surface area contributed by atoms with Gasteiger partial charge in [-0.15, -0.1) is 0 Å². The summed E-state index contributed by atoms with van der Waals surface area (Å²) >= 11 is 11.6. The minimum Gasteiger partial charge on any atom is -0.494 e. The minimum atomic E-state index is -1.05. The van der Waals surface area contributed by atoms with Gasteiger partial charge in [-0.1, -0.05) is 23.2 Å². The van der Waals surface area contributed by atoms with Crippen LogP contribution in [0.25, 0.3) is 10.9 Å². The summed E-state index contributed by atoms with van der Waals surface area (Å²) in [5.41, 5.74) is 0.585. The lowest BCUT2D eigenvalue weighted by molar-refractivity contribution is 0.0696. The summed E-state index contributed by atoms with van der Waals surface area (Å²) in [6.45, 7) is 0. The number of hydrogen-bond acceptors (Lipinski definition) is 3. The molecular weight excluding hydrogens is 265 g/mol. The van der Waals surface area contributed by atoms with Crippen molar-refractivity contribution < 1.29 is 14.6 Å². The third kappa shape index (κ3) is 2.14. The molecule has 0 saturated carbocycles. The molecule has 0 bridgehead atoms. The molecule has 0 unspecified atom stereocenters. The number of carbonyl (C=O) groups is 1. The number of nitrogens with zero attached hydrogens (tertiary/aromatic N) is 1. The number of rotatable bonds is 2. The summed E-state index contributed by atoms with van der Waals surface area (Å²) < 4.78 is 5.09. The zero-order valence-corrected chi connectivity index (χ0v) is 10.2. The molecule has 1 heterocycles. The number of carboxylic acids is 1. The monoisotopic (exact) mass is 271 g/mol. The van der Waals surface area contributed by atoms with Crippen LogP contribution in [-0.4, -0.2) is 23.2 Å².